The van der Waals surface area contributed by atoms with Crippen molar-refractivity contribution in [1.82, 2.24) is 15.1 Å². The maximum atomic E-state index is 12.3. The summed E-state index contributed by atoms with van der Waals surface area (Å²) in [5.74, 6) is -0.0709. The van der Waals surface area contributed by atoms with Crippen molar-refractivity contribution in [2.75, 3.05) is 33.2 Å². The van der Waals surface area contributed by atoms with E-state index in [1.807, 2.05) is 29.2 Å². The molecule has 2 amide bonds. The first-order valence-corrected chi connectivity index (χ1v) is 9.56. The van der Waals surface area contributed by atoms with Crippen LogP contribution in [0.2, 0.25) is 0 Å². The SMILES string of the molecule is CN1CCC(CCN2C(=O)NCC2c2ccc(CCC(=O)O)cc2)CC1. The molecular weight excluding hydrogens is 330 g/mol. The number of amides is 2. The van der Waals surface area contributed by atoms with Crippen LogP contribution < -0.4 is 5.32 Å². The summed E-state index contributed by atoms with van der Waals surface area (Å²) >= 11 is 0. The predicted octanol–water partition coefficient (Wildman–Crippen LogP) is 2.50. The monoisotopic (exact) mass is 359 g/mol. The lowest BCUT2D eigenvalue weighted by Gasteiger charge is -2.31. The standard InChI is InChI=1S/C20H29N3O3/c1-22-11-8-16(9-12-22)10-13-23-18(14-21-20(23)26)17-5-2-15(3-6-17)4-7-19(24)25/h2-3,5-6,16,18H,4,7-14H2,1H3,(H,21,26)(H,24,25). The highest BCUT2D eigenvalue weighted by Crippen LogP contribution is 2.27. The molecule has 1 unspecified atom stereocenters. The Morgan fingerprint density at radius 2 is 1.92 bits per heavy atom. The molecule has 2 heterocycles. The lowest BCUT2D eigenvalue weighted by atomic mass is 9.93. The Kier molecular flexibility index (Phi) is 6.14. The second-order valence-corrected chi connectivity index (χ2v) is 7.57. The number of hydrogen-bond donors (Lipinski definition) is 2. The van der Waals surface area contributed by atoms with Crippen molar-refractivity contribution >= 4 is 12.0 Å². The minimum atomic E-state index is -0.778. The predicted molar refractivity (Wildman–Crippen MR) is 100 cm³/mol. The first-order valence-electron chi connectivity index (χ1n) is 9.56. The van der Waals surface area contributed by atoms with Gasteiger partial charge < -0.3 is 20.2 Å². The van der Waals surface area contributed by atoms with E-state index in [-0.39, 0.29) is 18.5 Å². The van der Waals surface area contributed by atoms with Crippen molar-refractivity contribution in [1.29, 1.82) is 0 Å². The average molecular weight is 359 g/mol. The smallest absolute Gasteiger partial charge is 0.318 e. The van der Waals surface area contributed by atoms with E-state index < -0.39 is 5.97 Å². The van der Waals surface area contributed by atoms with Gasteiger partial charge in [0.1, 0.15) is 0 Å². The van der Waals surface area contributed by atoms with Gasteiger partial charge in [-0.2, -0.15) is 0 Å². The first-order chi connectivity index (χ1) is 12.5. The second kappa shape index (κ2) is 8.54. The van der Waals surface area contributed by atoms with Crippen LogP contribution >= 0.6 is 0 Å². The molecule has 2 N–H and O–H groups in total. The maximum Gasteiger partial charge on any atom is 0.318 e. The van der Waals surface area contributed by atoms with Crippen molar-refractivity contribution in [2.24, 2.45) is 5.92 Å². The zero-order valence-corrected chi connectivity index (χ0v) is 15.5. The summed E-state index contributed by atoms with van der Waals surface area (Å²) < 4.78 is 0. The third kappa shape index (κ3) is 4.75. The van der Waals surface area contributed by atoms with Gasteiger partial charge in [-0.3, -0.25) is 4.79 Å². The minimum Gasteiger partial charge on any atom is -0.481 e. The number of piperidine rings is 1. The Morgan fingerprint density at radius 3 is 2.58 bits per heavy atom. The fraction of sp³-hybridized carbons (Fsp3) is 0.600. The number of aliphatic carboxylic acids is 1. The van der Waals surface area contributed by atoms with Gasteiger partial charge in [0, 0.05) is 19.5 Å². The summed E-state index contributed by atoms with van der Waals surface area (Å²) in [4.78, 5) is 27.3. The molecule has 142 valence electrons. The summed E-state index contributed by atoms with van der Waals surface area (Å²) in [5, 5.41) is 11.8. The van der Waals surface area contributed by atoms with Gasteiger partial charge in [-0.05, 0) is 62.9 Å². The first kappa shape index (κ1) is 18.7. The molecule has 2 saturated heterocycles. The minimum absolute atomic E-state index is 0.0258. The van der Waals surface area contributed by atoms with Crippen molar-refractivity contribution in [3.63, 3.8) is 0 Å². The number of benzene rings is 1. The third-order valence-electron chi connectivity index (χ3n) is 5.69. The number of aryl methyl sites for hydroxylation is 1. The van der Waals surface area contributed by atoms with Gasteiger partial charge >= 0.3 is 12.0 Å². The number of carboxylic acids is 1. The summed E-state index contributed by atoms with van der Waals surface area (Å²) in [7, 11) is 2.17. The van der Waals surface area contributed by atoms with Crippen LogP contribution in [0.15, 0.2) is 24.3 Å². The molecule has 1 atom stereocenters. The molecule has 1 aromatic carbocycles. The number of nitrogens with zero attached hydrogens (tertiary/aromatic N) is 2. The Balaban J connectivity index is 1.57. The van der Waals surface area contributed by atoms with Crippen molar-refractivity contribution in [2.45, 2.75) is 38.1 Å². The van der Waals surface area contributed by atoms with E-state index in [2.05, 4.69) is 17.3 Å². The Hall–Kier alpha value is -2.08. The van der Waals surface area contributed by atoms with E-state index in [1.54, 1.807) is 0 Å². The van der Waals surface area contributed by atoms with Crippen LogP contribution in [0.25, 0.3) is 0 Å². The van der Waals surface area contributed by atoms with E-state index in [1.165, 1.54) is 12.8 Å². The number of nitrogens with one attached hydrogen (secondary N) is 1. The number of rotatable bonds is 7. The lowest BCUT2D eigenvalue weighted by Crippen LogP contribution is -2.35. The number of hydrogen-bond acceptors (Lipinski definition) is 3. The molecule has 0 radical (unpaired) electrons. The van der Waals surface area contributed by atoms with Gasteiger partial charge in [-0.15, -0.1) is 0 Å². The van der Waals surface area contributed by atoms with Crippen molar-refractivity contribution in [3.05, 3.63) is 35.4 Å². The van der Waals surface area contributed by atoms with E-state index >= 15 is 0 Å². The molecule has 2 aliphatic rings. The van der Waals surface area contributed by atoms with Crippen LogP contribution in [0.5, 0.6) is 0 Å². The lowest BCUT2D eigenvalue weighted by molar-refractivity contribution is -0.136. The van der Waals surface area contributed by atoms with Crippen LogP contribution in [-0.2, 0) is 11.2 Å². The topological polar surface area (TPSA) is 72.9 Å². The highest BCUT2D eigenvalue weighted by molar-refractivity contribution is 5.77. The largest absolute Gasteiger partial charge is 0.481 e. The second-order valence-electron chi connectivity index (χ2n) is 7.57. The average Bonchev–Trinajstić information content (AvgIpc) is 3.00. The highest BCUT2D eigenvalue weighted by atomic mass is 16.4. The van der Waals surface area contributed by atoms with E-state index in [9.17, 15) is 9.59 Å². The molecule has 0 bridgehead atoms. The van der Waals surface area contributed by atoms with Gasteiger partial charge in [0.15, 0.2) is 0 Å². The zero-order chi connectivity index (χ0) is 18.5. The Bertz CT molecular complexity index is 624. The number of carboxylic acid groups (broad SMARTS) is 1. The van der Waals surface area contributed by atoms with Crippen molar-refractivity contribution < 1.29 is 14.7 Å². The fourth-order valence-electron chi connectivity index (χ4n) is 3.92. The third-order valence-corrected chi connectivity index (χ3v) is 5.69. The highest BCUT2D eigenvalue weighted by Gasteiger charge is 2.32. The van der Waals surface area contributed by atoms with Crippen LogP contribution in [0.3, 0.4) is 0 Å². The normalized spacial score (nSPS) is 21.8. The Morgan fingerprint density at radius 1 is 1.23 bits per heavy atom. The molecular formula is C20H29N3O3. The summed E-state index contributed by atoms with van der Waals surface area (Å²) in [6, 6.07) is 8.13. The molecule has 6 nitrogen and oxygen atoms in total. The summed E-state index contributed by atoms with van der Waals surface area (Å²) in [6.45, 7) is 3.74. The molecule has 0 saturated carbocycles. The van der Waals surface area contributed by atoms with Gasteiger partial charge in [-0.1, -0.05) is 24.3 Å². The van der Waals surface area contributed by atoms with E-state index in [0.717, 1.165) is 37.2 Å². The quantitative estimate of drug-likeness (QED) is 0.785. The number of urea groups is 1. The number of likely N-dealkylation sites (tertiary alicyclic amines) is 1. The van der Waals surface area contributed by atoms with Crippen LogP contribution in [0, 0.1) is 5.92 Å². The molecule has 0 spiro atoms. The molecule has 3 rings (SSSR count). The number of carbonyl (C=O) groups excluding carboxylic acids is 1. The van der Waals surface area contributed by atoms with Crippen LogP contribution in [0.1, 0.15) is 42.9 Å². The molecule has 26 heavy (non-hydrogen) atoms. The summed E-state index contributed by atoms with van der Waals surface area (Å²) in [6.07, 6.45) is 4.18. The fourth-order valence-corrected chi connectivity index (χ4v) is 3.92. The van der Waals surface area contributed by atoms with Gasteiger partial charge in [0.25, 0.3) is 0 Å². The van der Waals surface area contributed by atoms with Gasteiger partial charge in [-0.25, -0.2) is 4.79 Å². The van der Waals surface area contributed by atoms with Gasteiger partial charge in [0.2, 0.25) is 0 Å². The Labute approximate surface area is 155 Å². The van der Waals surface area contributed by atoms with Crippen molar-refractivity contribution in [3.8, 4) is 0 Å². The van der Waals surface area contributed by atoms with E-state index in [0.29, 0.717) is 18.9 Å². The number of carbonyl (C=O) groups is 2. The van der Waals surface area contributed by atoms with E-state index in [4.69, 9.17) is 5.11 Å². The summed E-state index contributed by atoms with van der Waals surface area (Å²) in [5.41, 5.74) is 2.14. The zero-order valence-electron chi connectivity index (χ0n) is 15.5. The maximum absolute atomic E-state index is 12.3. The molecule has 2 aliphatic heterocycles. The van der Waals surface area contributed by atoms with Crippen LogP contribution in [-0.4, -0.2) is 60.1 Å². The molecule has 0 aromatic heterocycles. The van der Waals surface area contributed by atoms with Crippen LogP contribution in [0.4, 0.5) is 4.79 Å². The molecule has 2 fully saturated rings. The molecule has 1 aromatic rings. The molecule has 0 aliphatic carbocycles. The molecule has 6 heteroatoms. The van der Waals surface area contributed by atoms with Gasteiger partial charge in [0.05, 0.1) is 6.04 Å².